The predicted molar refractivity (Wildman–Crippen MR) is 153 cm³/mol. The normalized spacial score (nSPS) is 10.3. The SMILES string of the molecule is CC(C)(C)OC(=O)NCCBr.CC(C)(C)OC(=O)NCCOc1ccc(C=O)cc1.O=Cc1ccc(O)cc1. The van der Waals surface area contributed by atoms with E-state index in [0.717, 1.165) is 17.9 Å². The number of benzene rings is 2. The van der Waals surface area contributed by atoms with Gasteiger partial charge >= 0.3 is 12.2 Å². The number of rotatable bonds is 8. The van der Waals surface area contributed by atoms with Crippen LogP contribution >= 0.6 is 15.9 Å². The number of phenols is 1. The Hall–Kier alpha value is -3.60. The van der Waals surface area contributed by atoms with Crippen molar-refractivity contribution in [2.75, 3.05) is 25.0 Å². The Morgan fingerprint density at radius 2 is 1.18 bits per heavy atom. The molecule has 11 heteroatoms. The number of ether oxygens (including phenoxy) is 3. The average molecular weight is 612 g/mol. The molecule has 0 unspecified atom stereocenters. The lowest BCUT2D eigenvalue weighted by Gasteiger charge is -2.19. The Morgan fingerprint density at radius 1 is 0.769 bits per heavy atom. The molecule has 0 aromatic heterocycles. The van der Waals surface area contributed by atoms with E-state index in [0.29, 0.717) is 36.6 Å². The fourth-order valence-electron chi connectivity index (χ4n) is 2.30. The molecule has 0 saturated heterocycles. The molecule has 2 amide bonds. The summed E-state index contributed by atoms with van der Waals surface area (Å²) >= 11 is 3.19. The number of halogens is 1. The lowest BCUT2D eigenvalue weighted by molar-refractivity contribution is 0.0513. The van der Waals surface area contributed by atoms with E-state index in [9.17, 15) is 19.2 Å². The van der Waals surface area contributed by atoms with Gasteiger partial charge < -0.3 is 30.0 Å². The van der Waals surface area contributed by atoms with Crippen LogP contribution in [-0.4, -0.2) is 66.1 Å². The Bertz CT molecular complexity index is 998. The molecule has 0 spiro atoms. The van der Waals surface area contributed by atoms with Crippen molar-refractivity contribution in [3.05, 3.63) is 59.7 Å². The highest BCUT2D eigenvalue weighted by Gasteiger charge is 2.16. The summed E-state index contributed by atoms with van der Waals surface area (Å²) in [5, 5.41) is 14.6. The number of aromatic hydroxyl groups is 1. The minimum absolute atomic E-state index is 0.181. The number of hydrogen-bond donors (Lipinski definition) is 3. The van der Waals surface area contributed by atoms with Crippen LogP contribution in [0.5, 0.6) is 11.5 Å². The summed E-state index contributed by atoms with van der Waals surface area (Å²) in [5.74, 6) is 0.831. The molecule has 216 valence electrons. The molecule has 0 aliphatic carbocycles. The van der Waals surface area contributed by atoms with Gasteiger partial charge in [0.2, 0.25) is 0 Å². The lowest BCUT2D eigenvalue weighted by atomic mass is 10.2. The highest BCUT2D eigenvalue weighted by molar-refractivity contribution is 9.09. The minimum Gasteiger partial charge on any atom is -0.508 e. The Morgan fingerprint density at radius 3 is 1.56 bits per heavy atom. The van der Waals surface area contributed by atoms with E-state index in [1.165, 1.54) is 12.1 Å². The third-order valence-corrected chi connectivity index (χ3v) is 4.24. The van der Waals surface area contributed by atoms with E-state index in [1.807, 2.05) is 20.8 Å². The quantitative estimate of drug-likeness (QED) is 0.202. The summed E-state index contributed by atoms with van der Waals surface area (Å²) in [7, 11) is 0. The molecule has 2 rings (SSSR count). The van der Waals surface area contributed by atoms with Crippen molar-refractivity contribution >= 4 is 40.7 Å². The van der Waals surface area contributed by atoms with Crippen LogP contribution in [0, 0.1) is 0 Å². The van der Waals surface area contributed by atoms with Crippen LogP contribution in [0.25, 0.3) is 0 Å². The van der Waals surface area contributed by atoms with Gasteiger partial charge in [0, 0.05) is 23.0 Å². The van der Waals surface area contributed by atoms with E-state index in [2.05, 4.69) is 26.6 Å². The number of amides is 2. The van der Waals surface area contributed by atoms with Gasteiger partial charge in [0.15, 0.2) is 0 Å². The van der Waals surface area contributed by atoms with Crippen molar-refractivity contribution in [3.63, 3.8) is 0 Å². The zero-order chi connectivity index (χ0) is 29.9. The zero-order valence-electron chi connectivity index (χ0n) is 23.3. The Labute approximate surface area is 238 Å². The van der Waals surface area contributed by atoms with Crippen molar-refractivity contribution in [1.82, 2.24) is 10.6 Å². The molecule has 10 nitrogen and oxygen atoms in total. The second-order valence-corrected chi connectivity index (χ2v) is 10.6. The summed E-state index contributed by atoms with van der Waals surface area (Å²) < 4.78 is 15.4. The number of alkyl carbamates (subject to hydrolysis) is 2. The monoisotopic (exact) mass is 610 g/mol. The molecule has 0 saturated carbocycles. The molecular formula is C28H39BrN2O8. The summed E-state index contributed by atoms with van der Waals surface area (Å²) in [5.41, 5.74) is 0.262. The largest absolute Gasteiger partial charge is 0.508 e. The van der Waals surface area contributed by atoms with Crippen LogP contribution < -0.4 is 15.4 Å². The van der Waals surface area contributed by atoms with Gasteiger partial charge in [-0.05, 0) is 90.1 Å². The van der Waals surface area contributed by atoms with Crippen molar-refractivity contribution in [2.24, 2.45) is 0 Å². The standard InChI is InChI=1S/C14H19NO4.C7H14BrNO2.C7H6O2/c1-14(2,3)19-13(17)15-8-9-18-12-6-4-11(10-16)5-7-12;1-7(2,3)11-6(10)9-5-4-8;8-5-6-1-3-7(9)4-2-6/h4-7,10H,8-9H2,1-3H3,(H,15,17);4-5H2,1-3H3,(H,9,10);1-5,9H. The molecule has 0 heterocycles. The third-order valence-electron chi connectivity index (χ3n) is 3.85. The first-order valence-corrected chi connectivity index (χ1v) is 13.2. The Kier molecular flexibility index (Phi) is 16.9. The van der Waals surface area contributed by atoms with Gasteiger partial charge in [-0.1, -0.05) is 15.9 Å². The van der Waals surface area contributed by atoms with Gasteiger partial charge in [-0.2, -0.15) is 0 Å². The summed E-state index contributed by atoms with van der Waals surface area (Å²) in [4.78, 5) is 42.7. The summed E-state index contributed by atoms with van der Waals surface area (Å²) in [6, 6.07) is 12.8. The van der Waals surface area contributed by atoms with Crippen LogP contribution in [0.4, 0.5) is 9.59 Å². The maximum atomic E-state index is 11.3. The van der Waals surface area contributed by atoms with E-state index in [-0.39, 0.29) is 11.8 Å². The van der Waals surface area contributed by atoms with E-state index < -0.39 is 17.3 Å². The maximum absolute atomic E-state index is 11.3. The molecule has 2 aromatic rings. The number of carbonyl (C=O) groups excluding carboxylic acids is 4. The molecule has 3 N–H and O–H groups in total. The van der Waals surface area contributed by atoms with E-state index in [1.54, 1.807) is 57.2 Å². The highest BCUT2D eigenvalue weighted by Crippen LogP contribution is 2.11. The molecule has 0 aliphatic rings. The maximum Gasteiger partial charge on any atom is 0.407 e. The highest BCUT2D eigenvalue weighted by atomic mass is 79.9. The van der Waals surface area contributed by atoms with E-state index in [4.69, 9.17) is 19.3 Å². The van der Waals surface area contributed by atoms with Gasteiger partial charge in [0.05, 0.1) is 6.54 Å². The summed E-state index contributed by atoms with van der Waals surface area (Å²) in [6.07, 6.45) is 0.678. The van der Waals surface area contributed by atoms with Crippen LogP contribution in [0.3, 0.4) is 0 Å². The van der Waals surface area contributed by atoms with Gasteiger partial charge in [-0.25, -0.2) is 9.59 Å². The van der Waals surface area contributed by atoms with Gasteiger partial charge in [0.25, 0.3) is 0 Å². The second kappa shape index (κ2) is 18.6. The summed E-state index contributed by atoms with van der Waals surface area (Å²) in [6.45, 7) is 12.2. The molecule has 0 fully saturated rings. The zero-order valence-corrected chi connectivity index (χ0v) is 24.9. The molecule has 2 aromatic carbocycles. The smallest absolute Gasteiger partial charge is 0.407 e. The minimum atomic E-state index is -0.504. The molecular weight excluding hydrogens is 572 g/mol. The number of phenolic OH excluding ortho intramolecular Hbond substituents is 1. The van der Waals surface area contributed by atoms with Crippen molar-refractivity contribution in [2.45, 2.75) is 52.7 Å². The van der Waals surface area contributed by atoms with Gasteiger partial charge in [0.1, 0.15) is 41.9 Å². The van der Waals surface area contributed by atoms with Crippen LogP contribution in [0.1, 0.15) is 62.3 Å². The molecule has 0 aliphatic heterocycles. The molecule has 0 bridgehead atoms. The first kappa shape index (κ1) is 35.4. The van der Waals surface area contributed by atoms with Gasteiger partial charge in [-0.3, -0.25) is 9.59 Å². The van der Waals surface area contributed by atoms with Crippen LogP contribution in [-0.2, 0) is 9.47 Å². The fourth-order valence-corrected chi connectivity index (χ4v) is 2.49. The average Bonchev–Trinajstić information content (AvgIpc) is 2.85. The predicted octanol–water partition coefficient (Wildman–Crippen LogP) is 5.51. The van der Waals surface area contributed by atoms with Crippen LogP contribution in [0.2, 0.25) is 0 Å². The third kappa shape index (κ3) is 21.1. The molecule has 39 heavy (non-hydrogen) atoms. The fraction of sp³-hybridized carbons (Fsp3) is 0.429. The van der Waals surface area contributed by atoms with Crippen molar-refractivity contribution in [3.8, 4) is 11.5 Å². The van der Waals surface area contributed by atoms with Crippen LogP contribution in [0.15, 0.2) is 48.5 Å². The van der Waals surface area contributed by atoms with Gasteiger partial charge in [-0.15, -0.1) is 0 Å². The first-order chi connectivity index (χ1) is 18.2. The topological polar surface area (TPSA) is 140 Å². The lowest BCUT2D eigenvalue weighted by Crippen LogP contribution is -2.34. The number of nitrogens with one attached hydrogen (secondary N) is 2. The molecule has 0 atom stereocenters. The number of aldehydes is 2. The first-order valence-electron chi connectivity index (χ1n) is 12.1. The number of carbonyl (C=O) groups is 4. The van der Waals surface area contributed by atoms with E-state index >= 15 is 0 Å². The number of alkyl halides is 1. The molecule has 0 radical (unpaired) electrons. The Balaban J connectivity index is 0.000000611. The van der Waals surface area contributed by atoms with Crippen molar-refractivity contribution < 1.29 is 38.5 Å². The second-order valence-electron chi connectivity index (χ2n) is 9.79. The van der Waals surface area contributed by atoms with Crippen molar-refractivity contribution in [1.29, 1.82) is 0 Å². The number of hydrogen-bond acceptors (Lipinski definition) is 8.